The summed E-state index contributed by atoms with van der Waals surface area (Å²) in [5.41, 5.74) is 1.06. The highest BCUT2D eigenvalue weighted by atomic mass is 16.4. The van der Waals surface area contributed by atoms with Gasteiger partial charge in [0.2, 0.25) is 5.91 Å². The number of hydrogen-bond acceptors (Lipinski definition) is 2. The molecule has 0 spiro atoms. The zero-order chi connectivity index (χ0) is 11.5. The Hall–Kier alpha value is -1.84. The van der Waals surface area contributed by atoms with E-state index in [1.165, 1.54) is 0 Å². The number of carbonyl (C=O) groups excluding carboxylic acids is 1. The predicted octanol–water partition coefficient (Wildman–Crippen LogP) is 0.818. The first-order chi connectivity index (χ1) is 7.66. The third kappa shape index (κ3) is 2.21. The van der Waals surface area contributed by atoms with Gasteiger partial charge in [0.15, 0.2) is 0 Å². The Labute approximate surface area is 93.3 Å². The van der Waals surface area contributed by atoms with E-state index in [0.717, 1.165) is 5.56 Å². The lowest BCUT2D eigenvalue weighted by Crippen LogP contribution is -2.32. The van der Waals surface area contributed by atoms with Crippen molar-refractivity contribution in [2.45, 2.75) is 18.9 Å². The van der Waals surface area contributed by atoms with Gasteiger partial charge < -0.3 is 10.4 Å². The molecule has 1 saturated heterocycles. The van der Waals surface area contributed by atoms with Crippen molar-refractivity contribution in [3.8, 4) is 0 Å². The van der Waals surface area contributed by atoms with E-state index >= 15 is 0 Å². The topological polar surface area (TPSA) is 66.4 Å². The number of nitrogens with one attached hydrogen (secondary N) is 1. The van der Waals surface area contributed by atoms with E-state index in [9.17, 15) is 9.59 Å². The average Bonchev–Trinajstić information content (AvgIpc) is 2.62. The smallest absolute Gasteiger partial charge is 0.326 e. The second kappa shape index (κ2) is 4.35. The molecule has 1 aromatic carbocycles. The molecule has 0 aliphatic carbocycles. The fourth-order valence-corrected chi connectivity index (χ4v) is 1.98. The molecular weight excluding hydrogens is 206 g/mol. The van der Waals surface area contributed by atoms with Crippen molar-refractivity contribution >= 4 is 11.9 Å². The molecule has 16 heavy (non-hydrogen) atoms. The van der Waals surface area contributed by atoms with Crippen molar-refractivity contribution in [1.82, 2.24) is 5.32 Å². The van der Waals surface area contributed by atoms with Crippen LogP contribution < -0.4 is 5.32 Å². The van der Waals surface area contributed by atoms with E-state index in [-0.39, 0.29) is 11.8 Å². The van der Waals surface area contributed by atoms with Crippen LogP contribution in [0.4, 0.5) is 0 Å². The van der Waals surface area contributed by atoms with Crippen LogP contribution in [0.2, 0.25) is 0 Å². The molecule has 0 radical (unpaired) electrons. The van der Waals surface area contributed by atoms with E-state index < -0.39 is 12.0 Å². The first kappa shape index (κ1) is 10.7. The molecule has 0 bridgehead atoms. The highest BCUT2D eigenvalue weighted by Gasteiger charge is 2.35. The minimum Gasteiger partial charge on any atom is -0.480 e. The second-order valence-corrected chi connectivity index (χ2v) is 4.02. The number of rotatable bonds is 3. The van der Waals surface area contributed by atoms with E-state index in [4.69, 9.17) is 5.11 Å². The minimum atomic E-state index is -0.955. The Bertz CT molecular complexity index is 402. The van der Waals surface area contributed by atoms with Gasteiger partial charge >= 0.3 is 5.97 Å². The van der Waals surface area contributed by atoms with Gasteiger partial charge in [0.05, 0.1) is 0 Å². The summed E-state index contributed by atoms with van der Waals surface area (Å²) in [5, 5.41) is 11.3. The molecule has 0 saturated carbocycles. The van der Waals surface area contributed by atoms with Gasteiger partial charge in [0, 0.05) is 5.92 Å². The second-order valence-electron chi connectivity index (χ2n) is 4.02. The number of amides is 1. The Balaban J connectivity index is 2.02. The zero-order valence-electron chi connectivity index (χ0n) is 8.72. The third-order valence-electron chi connectivity index (χ3n) is 2.83. The third-order valence-corrected chi connectivity index (χ3v) is 2.83. The SMILES string of the molecule is O=C1NC(C(=O)O)CC1Cc1ccccc1. The fraction of sp³-hybridized carbons (Fsp3) is 0.333. The summed E-state index contributed by atoms with van der Waals surface area (Å²) in [6, 6.07) is 8.91. The molecule has 1 aromatic rings. The van der Waals surface area contributed by atoms with Gasteiger partial charge in [-0.25, -0.2) is 4.79 Å². The summed E-state index contributed by atoms with van der Waals surface area (Å²) >= 11 is 0. The van der Waals surface area contributed by atoms with Crippen molar-refractivity contribution < 1.29 is 14.7 Å². The molecule has 4 heteroatoms. The summed E-state index contributed by atoms with van der Waals surface area (Å²) in [6.07, 6.45) is 0.986. The average molecular weight is 219 g/mol. The standard InChI is InChI=1S/C12H13NO3/c14-11-9(7-10(13-11)12(15)16)6-8-4-2-1-3-5-8/h1-5,9-10H,6-7H2,(H,13,14)(H,15,16). The van der Waals surface area contributed by atoms with Crippen molar-refractivity contribution in [2.75, 3.05) is 0 Å². The van der Waals surface area contributed by atoms with Gasteiger partial charge in [0.1, 0.15) is 6.04 Å². The monoisotopic (exact) mass is 219 g/mol. The van der Waals surface area contributed by atoms with Gasteiger partial charge in [-0.1, -0.05) is 30.3 Å². The quantitative estimate of drug-likeness (QED) is 0.790. The molecule has 1 aliphatic heterocycles. The van der Waals surface area contributed by atoms with Crippen molar-refractivity contribution in [3.63, 3.8) is 0 Å². The molecule has 1 amide bonds. The van der Waals surface area contributed by atoms with Crippen LogP contribution in [-0.2, 0) is 16.0 Å². The van der Waals surface area contributed by atoms with Crippen LogP contribution in [0.1, 0.15) is 12.0 Å². The number of aliphatic carboxylic acids is 1. The molecule has 84 valence electrons. The molecule has 1 fully saturated rings. The van der Waals surface area contributed by atoms with Gasteiger partial charge in [-0.15, -0.1) is 0 Å². The number of carbonyl (C=O) groups is 2. The molecule has 4 nitrogen and oxygen atoms in total. The molecule has 1 aliphatic rings. The number of carboxylic acids is 1. The Morgan fingerprint density at radius 2 is 2.06 bits per heavy atom. The van der Waals surface area contributed by atoms with Crippen LogP contribution >= 0.6 is 0 Å². The summed E-state index contributed by atoms with van der Waals surface area (Å²) in [7, 11) is 0. The molecule has 2 atom stereocenters. The van der Waals surface area contributed by atoms with Crippen LogP contribution in [0.25, 0.3) is 0 Å². The Morgan fingerprint density at radius 1 is 1.38 bits per heavy atom. The lowest BCUT2D eigenvalue weighted by atomic mass is 9.96. The van der Waals surface area contributed by atoms with Gasteiger partial charge in [-0.3, -0.25) is 4.79 Å². The molecular formula is C12H13NO3. The molecule has 2 N–H and O–H groups in total. The number of carboxylic acid groups (broad SMARTS) is 1. The largest absolute Gasteiger partial charge is 0.480 e. The number of hydrogen-bond donors (Lipinski definition) is 2. The molecule has 1 heterocycles. The fourth-order valence-electron chi connectivity index (χ4n) is 1.98. The highest BCUT2D eigenvalue weighted by molar-refractivity contribution is 5.89. The predicted molar refractivity (Wildman–Crippen MR) is 57.8 cm³/mol. The van der Waals surface area contributed by atoms with E-state index in [1.807, 2.05) is 30.3 Å². The Kier molecular flexibility index (Phi) is 2.90. The molecule has 2 unspecified atom stereocenters. The Morgan fingerprint density at radius 3 is 2.62 bits per heavy atom. The first-order valence-electron chi connectivity index (χ1n) is 5.24. The van der Waals surface area contributed by atoms with Crippen LogP contribution in [0, 0.1) is 5.92 Å². The van der Waals surface area contributed by atoms with Gasteiger partial charge in [0.25, 0.3) is 0 Å². The summed E-state index contributed by atoms with van der Waals surface area (Å²) in [4.78, 5) is 22.2. The van der Waals surface area contributed by atoms with Crippen LogP contribution in [0.5, 0.6) is 0 Å². The van der Waals surface area contributed by atoms with Crippen LogP contribution in [0.15, 0.2) is 30.3 Å². The maximum atomic E-state index is 11.5. The van der Waals surface area contributed by atoms with Crippen LogP contribution in [-0.4, -0.2) is 23.0 Å². The number of benzene rings is 1. The van der Waals surface area contributed by atoms with Crippen molar-refractivity contribution in [2.24, 2.45) is 5.92 Å². The lowest BCUT2D eigenvalue weighted by Gasteiger charge is -2.05. The van der Waals surface area contributed by atoms with Gasteiger partial charge in [-0.05, 0) is 18.4 Å². The van der Waals surface area contributed by atoms with E-state index in [2.05, 4.69) is 5.32 Å². The van der Waals surface area contributed by atoms with E-state index in [0.29, 0.717) is 12.8 Å². The summed E-state index contributed by atoms with van der Waals surface area (Å²) < 4.78 is 0. The normalized spacial score (nSPS) is 24.1. The molecule has 0 aromatic heterocycles. The zero-order valence-corrected chi connectivity index (χ0v) is 8.72. The first-order valence-corrected chi connectivity index (χ1v) is 5.24. The van der Waals surface area contributed by atoms with Crippen LogP contribution in [0.3, 0.4) is 0 Å². The van der Waals surface area contributed by atoms with E-state index in [1.54, 1.807) is 0 Å². The summed E-state index contributed by atoms with van der Waals surface area (Å²) in [5.74, 6) is -1.33. The van der Waals surface area contributed by atoms with Crippen molar-refractivity contribution in [3.05, 3.63) is 35.9 Å². The maximum Gasteiger partial charge on any atom is 0.326 e. The lowest BCUT2D eigenvalue weighted by molar-refractivity contribution is -0.140. The summed E-state index contributed by atoms with van der Waals surface area (Å²) in [6.45, 7) is 0. The highest BCUT2D eigenvalue weighted by Crippen LogP contribution is 2.20. The van der Waals surface area contributed by atoms with Gasteiger partial charge in [-0.2, -0.15) is 0 Å². The minimum absolute atomic E-state index is 0.156. The van der Waals surface area contributed by atoms with Crippen molar-refractivity contribution in [1.29, 1.82) is 0 Å². The molecule has 2 rings (SSSR count). The maximum absolute atomic E-state index is 11.5.